The summed E-state index contributed by atoms with van der Waals surface area (Å²) in [6.07, 6.45) is 5.05. The minimum Gasteiger partial charge on any atom is -0.353 e. The number of halogens is 2. The summed E-state index contributed by atoms with van der Waals surface area (Å²) in [4.78, 5) is 25.5. The molecule has 1 fully saturated rings. The van der Waals surface area contributed by atoms with Gasteiger partial charge >= 0.3 is 0 Å². The summed E-state index contributed by atoms with van der Waals surface area (Å²) in [6, 6.07) is 4.30. The van der Waals surface area contributed by atoms with Crippen LogP contribution >= 0.6 is 22.9 Å². The summed E-state index contributed by atoms with van der Waals surface area (Å²) in [6.45, 7) is 5.08. The van der Waals surface area contributed by atoms with Crippen molar-refractivity contribution in [3.8, 4) is 0 Å². The number of benzene rings is 1. The molecule has 0 radical (unpaired) electrons. The largest absolute Gasteiger partial charge is 0.353 e. The van der Waals surface area contributed by atoms with E-state index in [1.165, 1.54) is 36.0 Å². The molecule has 1 amide bonds. The summed E-state index contributed by atoms with van der Waals surface area (Å²) in [7, 11) is 0. The van der Waals surface area contributed by atoms with Gasteiger partial charge in [-0.05, 0) is 56.9 Å². The van der Waals surface area contributed by atoms with Gasteiger partial charge in [0.15, 0.2) is 0 Å². The van der Waals surface area contributed by atoms with Gasteiger partial charge in [-0.2, -0.15) is 0 Å². The Kier molecular flexibility index (Phi) is 5.21. The molecule has 1 saturated heterocycles. The lowest BCUT2D eigenvalue weighted by molar-refractivity contribution is 0.103. The molecular weight excluding hydrogens is 399 g/mol. The zero-order chi connectivity index (χ0) is 19.8. The van der Waals surface area contributed by atoms with Gasteiger partial charge < -0.3 is 10.2 Å². The van der Waals surface area contributed by atoms with Crippen LogP contribution in [0.3, 0.4) is 0 Å². The molecule has 3 aromatic rings. The summed E-state index contributed by atoms with van der Waals surface area (Å²) in [5.74, 6) is 0.160. The number of piperidine rings is 1. The SMILES string of the molecule is Cc1c(C(=O)Nc2ccc(F)cc2Cl)sc2ncnc(N3CCCCC3C)c12. The van der Waals surface area contributed by atoms with E-state index in [9.17, 15) is 9.18 Å². The number of nitrogens with zero attached hydrogens (tertiary/aromatic N) is 3. The van der Waals surface area contributed by atoms with Crippen LogP contribution in [0.15, 0.2) is 24.5 Å². The molecule has 0 spiro atoms. The highest BCUT2D eigenvalue weighted by Gasteiger charge is 2.26. The second-order valence-corrected chi connectivity index (χ2v) is 8.46. The maximum atomic E-state index is 13.2. The lowest BCUT2D eigenvalue weighted by Crippen LogP contribution is -2.38. The summed E-state index contributed by atoms with van der Waals surface area (Å²) in [5.41, 5.74) is 1.23. The number of fused-ring (bicyclic) bond motifs is 1. The molecule has 2 aromatic heterocycles. The highest BCUT2D eigenvalue weighted by molar-refractivity contribution is 7.20. The predicted octanol–water partition coefficient (Wildman–Crippen LogP) is 5.42. The number of aryl methyl sites for hydroxylation is 1. The van der Waals surface area contributed by atoms with E-state index in [2.05, 4.69) is 27.1 Å². The molecule has 8 heteroatoms. The number of hydrogen-bond donors (Lipinski definition) is 1. The van der Waals surface area contributed by atoms with E-state index in [-0.39, 0.29) is 10.9 Å². The Hall–Kier alpha value is -2.25. The van der Waals surface area contributed by atoms with Gasteiger partial charge in [0, 0.05) is 12.6 Å². The minimum absolute atomic E-state index is 0.162. The highest BCUT2D eigenvalue weighted by Crippen LogP contribution is 2.37. The lowest BCUT2D eigenvalue weighted by Gasteiger charge is -2.34. The number of hydrogen-bond acceptors (Lipinski definition) is 5. The molecular formula is C20H20ClFN4OS. The zero-order valence-corrected chi connectivity index (χ0v) is 17.2. The zero-order valence-electron chi connectivity index (χ0n) is 15.6. The Bertz CT molecular complexity index is 1050. The van der Waals surface area contributed by atoms with Gasteiger partial charge in [-0.1, -0.05) is 11.6 Å². The van der Waals surface area contributed by atoms with Crippen LogP contribution in [0.2, 0.25) is 5.02 Å². The van der Waals surface area contributed by atoms with E-state index in [0.717, 1.165) is 41.0 Å². The first-order chi connectivity index (χ1) is 13.5. The van der Waals surface area contributed by atoms with Gasteiger partial charge in [0.25, 0.3) is 5.91 Å². The van der Waals surface area contributed by atoms with Crippen LogP contribution in [-0.2, 0) is 0 Å². The number of thiophene rings is 1. The van der Waals surface area contributed by atoms with Crippen molar-refractivity contribution in [3.05, 3.63) is 45.8 Å². The molecule has 146 valence electrons. The Morgan fingerprint density at radius 1 is 1.36 bits per heavy atom. The molecule has 1 aromatic carbocycles. The Morgan fingerprint density at radius 3 is 2.93 bits per heavy atom. The van der Waals surface area contributed by atoms with Crippen molar-refractivity contribution in [2.24, 2.45) is 0 Å². The summed E-state index contributed by atoms with van der Waals surface area (Å²) in [5, 5.41) is 3.86. The molecule has 5 nitrogen and oxygen atoms in total. The smallest absolute Gasteiger partial charge is 0.266 e. The van der Waals surface area contributed by atoms with E-state index in [4.69, 9.17) is 11.6 Å². The van der Waals surface area contributed by atoms with E-state index in [1.807, 2.05) is 6.92 Å². The number of nitrogens with one attached hydrogen (secondary N) is 1. The number of amides is 1. The number of rotatable bonds is 3. The maximum absolute atomic E-state index is 13.2. The fraction of sp³-hybridized carbons (Fsp3) is 0.350. The molecule has 0 bridgehead atoms. The van der Waals surface area contributed by atoms with E-state index in [0.29, 0.717) is 16.6 Å². The molecule has 1 N–H and O–H groups in total. The molecule has 0 saturated carbocycles. The summed E-state index contributed by atoms with van der Waals surface area (Å²) < 4.78 is 13.2. The van der Waals surface area contributed by atoms with Crippen LogP contribution in [0.1, 0.15) is 41.4 Å². The first kappa shape index (κ1) is 19.1. The molecule has 1 unspecified atom stereocenters. The third-order valence-electron chi connectivity index (χ3n) is 5.17. The second-order valence-electron chi connectivity index (χ2n) is 7.05. The molecule has 1 atom stereocenters. The molecule has 1 aliphatic rings. The van der Waals surface area contributed by atoms with E-state index < -0.39 is 5.82 Å². The third-order valence-corrected chi connectivity index (χ3v) is 6.68. The maximum Gasteiger partial charge on any atom is 0.266 e. The topological polar surface area (TPSA) is 58.1 Å². The fourth-order valence-electron chi connectivity index (χ4n) is 3.67. The Morgan fingerprint density at radius 2 is 2.18 bits per heavy atom. The van der Waals surface area contributed by atoms with Crippen molar-refractivity contribution in [2.75, 3.05) is 16.8 Å². The van der Waals surface area contributed by atoms with Gasteiger partial charge in [-0.3, -0.25) is 4.79 Å². The molecule has 28 heavy (non-hydrogen) atoms. The summed E-state index contributed by atoms with van der Waals surface area (Å²) >= 11 is 7.37. The van der Waals surface area contributed by atoms with Crippen LogP contribution in [0.5, 0.6) is 0 Å². The molecule has 3 heterocycles. The first-order valence-corrected chi connectivity index (χ1v) is 10.4. The quantitative estimate of drug-likeness (QED) is 0.616. The lowest BCUT2D eigenvalue weighted by atomic mass is 10.0. The molecule has 4 rings (SSSR count). The third kappa shape index (κ3) is 3.44. The van der Waals surface area contributed by atoms with Crippen molar-refractivity contribution in [1.29, 1.82) is 0 Å². The van der Waals surface area contributed by atoms with E-state index in [1.54, 1.807) is 6.33 Å². The number of aromatic nitrogens is 2. The van der Waals surface area contributed by atoms with Crippen molar-refractivity contribution < 1.29 is 9.18 Å². The number of carbonyl (C=O) groups is 1. The van der Waals surface area contributed by atoms with Gasteiger partial charge in [-0.15, -0.1) is 11.3 Å². The first-order valence-electron chi connectivity index (χ1n) is 9.23. The van der Waals surface area contributed by atoms with Gasteiger partial charge in [0.05, 0.1) is 21.0 Å². The highest BCUT2D eigenvalue weighted by atomic mass is 35.5. The fourth-order valence-corrected chi connectivity index (χ4v) is 4.92. The Balaban J connectivity index is 1.71. The molecule has 1 aliphatic heterocycles. The number of anilines is 2. The second kappa shape index (κ2) is 7.64. The van der Waals surface area contributed by atoms with Crippen molar-refractivity contribution in [1.82, 2.24) is 9.97 Å². The number of carbonyl (C=O) groups excluding carboxylic acids is 1. The molecule has 0 aliphatic carbocycles. The van der Waals surface area contributed by atoms with Gasteiger partial charge in [0.2, 0.25) is 0 Å². The van der Waals surface area contributed by atoms with Crippen LogP contribution in [0.25, 0.3) is 10.2 Å². The van der Waals surface area contributed by atoms with E-state index >= 15 is 0 Å². The normalized spacial score (nSPS) is 17.1. The minimum atomic E-state index is -0.448. The average Bonchev–Trinajstić information content (AvgIpc) is 3.01. The van der Waals surface area contributed by atoms with Crippen molar-refractivity contribution in [2.45, 2.75) is 39.2 Å². The predicted molar refractivity (Wildman–Crippen MR) is 112 cm³/mol. The standard InChI is InChI=1S/C20H20ClFN4OS/c1-11-5-3-4-8-26(11)18-16-12(2)17(28-20(16)24-10-23-18)19(27)25-15-7-6-13(22)9-14(15)21/h6-7,9-11H,3-5,8H2,1-2H3,(H,25,27). The van der Waals surface area contributed by atoms with Crippen molar-refractivity contribution >= 4 is 50.6 Å². The van der Waals surface area contributed by atoms with Crippen molar-refractivity contribution in [3.63, 3.8) is 0 Å². The van der Waals surface area contributed by atoms with Crippen LogP contribution in [0.4, 0.5) is 15.9 Å². The Labute approximate surface area is 171 Å². The monoisotopic (exact) mass is 418 g/mol. The van der Waals surface area contributed by atoms with Gasteiger partial charge in [-0.25, -0.2) is 14.4 Å². The van der Waals surface area contributed by atoms with Crippen LogP contribution < -0.4 is 10.2 Å². The van der Waals surface area contributed by atoms with Crippen LogP contribution in [0, 0.1) is 12.7 Å². The average molecular weight is 419 g/mol. The van der Waals surface area contributed by atoms with Crippen LogP contribution in [-0.4, -0.2) is 28.5 Å². The van der Waals surface area contributed by atoms with Gasteiger partial charge in [0.1, 0.15) is 22.8 Å².